The van der Waals surface area contributed by atoms with Crippen LogP contribution in [0.25, 0.3) is 0 Å². The fourth-order valence-electron chi connectivity index (χ4n) is 2.57. The van der Waals surface area contributed by atoms with Crippen molar-refractivity contribution in [1.82, 2.24) is 4.98 Å². The number of pyridine rings is 1. The third-order valence-corrected chi connectivity index (χ3v) is 3.57. The van der Waals surface area contributed by atoms with Gasteiger partial charge in [0.05, 0.1) is 32.1 Å². The van der Waals surface area contributed by atoms with Gasteiger partial charge in [0.2, 0.25) is 0 Å². The van der Waals surface area contributed by atoms with E-state index in [1.54, 1.807) is 6.20 Å². The molecule has 0 aliphatic carbocycles. The highest BCUT2D eigenvalue weighted by molar-refractivity contribution is 5.80. The zero-order chi connectivity index (χ0) is 13.1. The molecule has 0 saturated carbocycles. The summed E-state index contributed by atoms with van der Waals surface area (Å²) in [6.07, 6.45) is 1.78. The van der Waals surface area contributed by atoms with Crippen molar-refractivity contribution in [3.63, 3.8) is 0 Å². The predicted molar refractivity (Wildman–Crippen MR) is 74.7 cm³/mol. The summed E-state index contributed by atoms with van der Waals surface area (Å²) in [4.78, 5) is 9.08. The Morgan fingerprint density at radius 3 is 2.16 bits per heavy atom. The predicted octanol–water partition coefficient (Wildman–Crippen LogP) is 0.337. The molecule has 19 heavy (non-hydrogen) atoms. The third-order valence-electron chi connectivity index (χ3n) is 3.57. The lowest BCUT2D eigenvalue weighted by Gasteiger charge is -2.35. The van der Waals surface area contributed by atoms with Crippen LogP contribution < -0.4 is 15.5 Å². The molecule has 0 aromatic carbocycles. The second kappa shape index (κ2) is 5.63. The molecule has 6 nitrogen and oxygen atoms in total. The molecule has 0 spiro atoms. The van der Waals surface area contributed by atoms with E-state index in [9.17, 15) is 0 Å². The Kier molecular flexibility index (Phi) is 3.70. The molecule has 2 fully saturated rings. The molecule has 2 aliphatic rings. The van der Waals surface area contributed by atoms with Crippen LogP contribution in [0.5, 0.6) is 0 Å². The zero-order valence-corrected chi connectivity index (χ0v) is 11.0. The van der Waals surface area contributed by atoms with E-state index < -0.39 is 0 Å². The maximum Gasteiger partial charge on any atom is 0.154 e. The first-order valence-corrected chi connectivity index (χ1v) is 6.76. The number of anilines is 3. The second-order valence-electron chi connectivity index (χ2n) is 4.77. The molecule has 1 aromatic rings. The van der Waals surface area contributed by atoms with Crippen LogP contribution >= 0.6 is 0 Å². The molecule has 6 heteroatoms. The topological polar surface area (TPSA) is 63.8 Å². The van der Waals surface area contributed by atoms with Crippen molar-refractivity contribution >= 4 is 17.2 Å². The largest absolute Gasteiger partial charge is 0.397 e. The van der Waals surface area contributed by atoms with Gasteiger partial charge in [0.1, 0.15) is 5.69 Å². The number of nitrogen functional groups attached to an aromatic ring is 1. The minimum absolute atomic E-state index is 0.747. The number of aromatic nitrogens is 1. The van der Waals surface area contributed by atoms with E-state index in [0.29, 0.717) is 0 Å². The summed E-state index contributed by atoms with van der Waals surface area (Å²) in [6.45, 7) is 6.47. The summed E-state index contributed by atoms with van der Waals surface area (Å²) in [7, 11) is 0. The molecule has 104 valence electrons. The van der Waals surface area contributed by atoms with Crippen LogP contribution in [0.3, 0.4) is 0 Å². The van der Waals surface area contributed by atoms with Gasteiger partial charge in [-0.1, -0.05) is 0 Å². The molecule has 0 bridgehead atoms. The van der Waals surface area contributed by atoms with Gasteiger partial charge in [-0.3, -0.25) is 0 Å². The summed E-state index contributed by atoms with van der Waals surface area (Å²) in [5, 5.41) is 0. The Balaban J connectivity index is 1.91. The van der Waals surface area contributed by atoms with Crippen LogP contribution in [-0.2, 0) is 9.47 Å². The standard InChI is InChI=1S/C13H20N4O2/c14-11-1-2-15-13(17-5-9-19-10-6-17)12(11)16-3-7-18-8-4-16/h1-2H,3-10H2,(H2,14,15). The molecule has 0 unspecified atom stereocenters. The Hall–Kier alpha value is -1.53. The molecular weight excluding hydrogens is 244 g/mol. The van der Waals surface area contributed by atoms with E-state index in [2.05, 4.69) is 14.8 Å². The van der Waals surface area contributed by atoms with Gasteiger partial charge in [-0.25, -0.2) is 4.98 Å². The number of morpholine rings is 2. The molecule has 2 aliphatic heterocycles. The SMILES string of the molecule is Nc1ccnc(N2CCOCC2)c1N1CCOCC1. The normalized spacial score (nSPS) is 20.6. The lowest BCUT2D eigenvalue weighted by molar-refractivity contribution is 0.120. The van der Waals surface area contributed by atoms with Crippen LogP contribution in [0.4, 0.5) is 17.2 Å². The van der Waals surface area contributed by atoms with E-state index >= 15 is 0 Å². The summed E-state index contributed by atoms with van der Waals surface area (Å²) in [6, 6.07) is 1.87. The first kappa shape index (κ1) is 12.5. The fourth-order valence-corrected chi connectivity index (χ4v) is 2.57. The number of nitrogens with zero attached hydrogens (tertiary/aromatic N) is 3. The van der Waals surface area contributed by atoms with Gasteiger partial charge >= 0.3 is 0 Å². The van der Waals surface area contributed by atoms with Crippen LogP contribution in [-0.4, -0.2) is 57.6 Å². The number of hydrogen-bond donors (Lipinski definition) is 1. The molecule has 0 atom stereocenters. The highest BCUT2D eigenvalue weighted by Crippen LogP contribution is 2.33. The molecule has 2 saturated heterocycles. The molecule has 2 N–H and O–H groups in total. The maximum absolute atomic E-state index is 6.18. The minimum atomic E-state index is 0.747. The zero-order valence-electron chi connectivity index (χ0n) is 11.0. The second-order valence-corrected chi connectivity index (χ2v) is 4.77. The molecular formula is C13H20N4O2. The van der Waals surface area contributed by atoms with Crippen LogP contribution in [0.15, 0.2) is 12.3 Å². The van der Waals surface area contributed by atoms with Gasteiger partial charge in [0.15, 0.2) is 5.82 Å². The Labute approximate surface area is 113 Å². The van der Waals surface area contributed by atoms with Crippen LogP contribution in [0.2, 0.25) is 0 Å². The van der Waals surface area contributed by atoms with Gasteiger partial charge < -0.3 is 25.0 Å². The fraction of sp³-hybridized carbons (Fsp3) is 0.615. The highest BCUT2D eigenvalue weighted by atomic mass is 16.5. The van der Waals surface area contributed by atoms with Crippen molar-refractivity contribution in [2.75, 3.05) is 68.1 Å². The van der Waals surface area contributed by atoms with Gasteiger partial charge in [-0.2, -0.15) is 0 Å². The van der Waals surface area contributed by atoms with Gasteiger partial charge in [0, 0.05) is 32.4 Å². The van der Waals surface area contributed by atoms with Crippen molar-refractivity contribution < 1.29 is 9.47 Å². The van der Waals surface area contributed by atoms with E-state index in [0.717, 1.165) is 69.8 Å². The van der Waals surface area contributed by atoms with E-state index in [1.165, 1.54) is 0 Å². The summed E-state index contributed by atoms with van der Waals surface area (Å²) < 4.78 is 10.8. The van der Waals surface area contributed by atoms with Crippen LogP contribution in [0, 0.1) is 0 Å². The van der Waals surface area contributed by atoms with Crippen LogP contribution in [0.1, 0.15) is 0 Å². The lowest BCUT2D eigenvalue weighted by atomic mass is 10.2. The molecule has 0 amide bonds. The van der Waals surface area contributed by atoms with E-state index in [-0.39, 0.29) is 0 Å². The van der Waals surface area contributed by atoms with Gasteiger partial charge in [-0.15, -0.1) is 0 Å². The third kappa shape index (κ3) is 2.59. The molecule has 0 radical (unpaired) electrons. The average Bonchev–Trinajstić information content (AvgIpc) is 2.49. The van der Waals surface area contributed by atoms with E-state index in [4.69, 9.17) is 15.2 Å². The smallest absolute Gasteiger partial charge is 0.154 e. The Bertz CT molecular complexity index is 429. The average molecular weight is 264 g/mol. The quantitative estimate of drug-likeness (QED) is 0.831. The van der Waals surface area contributed by atoms with E-state index in [1.807, 2.05) is 6.07 Å². The first-order valence-electron chi connectivity index (χ1n) is 6.76. The van der Waals surface area contributed by atoms with Crippen molar-refractivity contribution in [2.24, 2.45) is 0 Å². The van der Waals surface area contributed by atoms with Gasteiger partial charge in [-0.05, 0) is 6.07 Å². The number of rotatable bonds is 2. The van der Waals surface area contributed by atoms with Crippen molar-refractivity contribution in [3.05, 3.63) is 12.3 Å². The lowest BCUT2D eigenvalue weighted by Crippen LogP contribution is -2.41. The highest BCUT2D eigenvalue weighted by Gasteiger charge is 2.23. The number of nitrogens with two attached hydrogens (primary N) is 1. The molecule has 3 heterocycles. The molecule has 1 aromatic heterocycles. The monoisotopic (exact) mass is 264 g/mol. The number of ether oxygens (including phenoxy) is 2. The Morgan fingerprint density at radius 2 is 1.53 bits per heavy atom. The van der Waals surface area contributed by atoms with Crippen molar-refractivity contribution in [1.29, 1.82) is 0 Å². The van der Waals surface area contributed by atoms with Crippen molar-refractivity contribution in [2.45, 2.75) is 0 Å². The minimum Gasteiger partial charge on any atom is -0.397 e. The summed E-state index contributed by atoms with van der Waals surface area (Å²) in [5.41, 5.74) is 8.02. The summed E-state index contributed by atoms with van der Waals surface area (Å²) in [5.74, 6) is 0.977. The van der Waals surface area contributed by atoms with Gasteiger partial charge in [0.25, 0.3) is 0 Å². The number of hydrogen-bond acceptors (Lipinski definition) is 6. The molecule has 3 rings (SSSR count). The first-order chi connectivity index (χ1) is 9.36. The summed E-state index contributed by atoms with van der Waals surface area (Å²) >= 11 is 0. The van der Waals surface area contributed by atoms with Crippen molar-refractivity contribution in [3.8, 4) is 0 Å². The Morgan fingerprint density at radius 1 is 0.947 bits per heavy atom. The maximum atomic E-state index is 6.18.